The number of amides is 1. The Morgan fingerprint density at radius 1 is 1.73 bits per heavy atom. The van der Waals surface area contributed by atoms with E-state index >= 15 is 0 Å². The van der Waals surface area contributed by atoms with Crippen LogP contribution in [0.25, 0.3) is 0 Å². The molecule has 1 unspecified atom stereocenters. The van der Waals surface area contributed by atoms with Gasteiger partial charge in [0.2, 0.25) is 5.91 Å². The van der Waals surface area contributed by atoms with Crippen molar-refractivity contribution in [1.82, 2.24) is 9.88 Å². The number of aryl methyl sites for hydroxylation is 1. The van der Waals surface area contributed by atoms with Gasteiger partial charge in [0.05, 0.1) is 0 Å². The van der Waals surface area contributed by atoms with Gasteiger partial charge >= 0.3 is 0 Å². The summed E-state index contributed by atoms with van der Waals surface area (Å²) in [6.07, 6.45) is 3.24. The van der Waals surface area contributed by atoms with Crippen LogP contribution in [0.3, 0.4) is 0 Å². The summed E-state index contributed by atoms with van der Waals surface area (Å²) in [5.41, 5.74) is 0.825. The van der Waals surface area contributed by atoms with Crippen molar-refractivity contribution < 1.29 is 9.90 Å². The maximum atomic E-state index is 11.3. The standard InChI is InChI=1S/C11H16N2O2/c1-13-6-2-3-9(13)10(14)7-12-11(15)8-4-5-8/h2-3,6,8,10,14H,4-5,7H2,1H3,(H,12,15). The first-order chi connectivity index (χ1) is 7.18. The number of carbonyl (C=O) groups excluding carboxylic acids is 1. The Morgan fingerprint density at radius 3 is 3.00 bits per heavy atom. The molecule has 1 aliphatic carbocycles. The fourth-order valence-corrected chi connectivity index (χ4v) is 1.61. The second-order valence-corrected chi connectivity index (χ2v) is 4.08. The highest BCUT2D eigenvalue weighted by molar-refractivity contribution is 5.80. The molecular weight excluding hydrogens is 192 g/mol. The predicted octanol–water partition coefficient (Wildman–Crippen LogP) is 0.585. The molecule has 0 spiro atoms. The molecule has 82 valence electrons. The van der Waals surface area contributed by atoms with E-state index in [9.17, 15) is 9.90 Å². The summed E-state index contributed by atoms with van der Waals surface area (Å²) in [4.78, 5) is 11.3. The second-order valence-electron chi connectivity index (χ2n) is 4.08. The lowest BCUT2D eigenvalue weighted by Gasteiger charge is -2.12. The van der Waals surface area contributed by atoms with Crippen molar-refractivity contribution in [2.45, 2.75) is 18.9 Å². The molecule has 1 aromatic rings. The summed E-state index contributed by atoms with van der Waals surface area (Å²) in [6, 6.07) is 3.73. The second kappa shape index (κ2) is 4.06. The van der Waals surface area contributed by atoms with E-state index in [0.29, 0.717) is 6.54 Å². The zero-order valence-corrected chi connectivity index (χ0v) is 8.81. The Bertz CT molecular complexity index is 355. The number of nitrogens with zero attached hydrogens (tertiary/aromatic N) is 1. The van der Waals surface area contributed by atoms with Crippen LogP contribution >= 0.6 is 0 Å². The van der Waals surface area contributed by atoms with Gasteiger partial charge in [0, 0.05) is 31.4 Å². The topological polar surface area (TPSA) is 54.3 Å². The molecule has 1 saturated carbocycles. The minimum Gasteiger partial charge on any atom is -0.385 e. The third-order valence-corrected chi connectivity index (χ3v) is 2.74. The number of carbonyl (C=O) groups is 1. The molecule has 0 aromatic carbocycles. The van der Waals surface area contributed by atoms with Crippen LogP contribution in [0.5, 0.6) is 0 Å². The highest BCUT2D eigenvalue weighted by Gasteiger charge is 2.29. The third kappa shape index (κ3) is 2.39. The summed E-state index contributed by atoms with van der Waals surface area (Å²) >= 11 is 0. The Balaban J connectivity index is 1.84. The number of hydrogen-bond donors (Lipinski definition) is 2. The number of hydrogen-bond acceptors (Lipinski definition) is 2. The molecule has 15 heavy (non-hydrogen) atoms. The Labute approximate surface area is 88.9 Å². The summed E-state index contributed by atoms with van der Waals surface area (Å²) in [5.74, 6) is 0.272. The molecule has 1 atom stereocenters. The lowest BCUT2D eigenvalue weighted by atomic mass is 10.2. The maximum absolute atomic E-state index is 11.3. The van der Waals surface area contributed by atoms with Crippen LogP contribution in [0.2, 0.25) is 0 Å². The van der Waals surface area contributed by atoms with E-state index in [1.165, 1.54) is 0 Å². The van der Waals surface area contributed by atoms with Crippen LogP contribution in [-0.2, 0) is 11.8 Å². The molecular formula is C11H16N2O2. The van der Waals surface area contributed by atoms with Gasteiger partial charge < -0.3 is 15.0 Å². The first-order valence-electron chi connectivity index (χ1n) is 5.25. The number of nitrogens with one attached hydrogen (secondary N) is 1. The molecule has 2 N–H and O–H groups in total. The normalized spacial score (nSPS) is 17.5. The molecule has 0 bridgehead atoms. The SMILES string of the molecule is Cn1cccc1C(O)CNC(=O)C1CC1. The Kier molecular flexibility index (Phi) is 2.77. The molecule has 1 aromatic heterocycles. The molecule has 1 fully saturated rings. The van der Waals surface area contributed by atoms with E-state index in [2.05, 4.69) is 5.32 Å². The van der Waals surface area contributed by atoms with Crippen molar-refractivity contribution in [1.29, 1.82) is 0 Å². The molecule has 1 heterocycles. The molecule has 2 rings (SSSR count). The Hall–Kier alpha value is -1.29. The lowest BCUT2D eigenvalue weighted by molar-refractivity contribution is -0.122. The fraction of sp³-hybridized carbons (Fsp3) is 0.545. The maximum Gasteiger partial charge on any atom is 0.223 e. The predicted molar refractivity (Wildman–Crippen MR) is 56.1 cm³/mol. The van der Waals surface area contributed by atoms with Crippen LogP contribution in [-0.4, -0.2) is 22.1 Å². The van der Waals surface area contributed by atoms with Gasteiger partial charge in [-0.05, 0) is 25.0 Å². The third-order valence-electron chi connectivity index (χ3n) is 2.74. The van der Waals surface area contributed by atoms with E-state index in [0.717, 1.165) is 18.5 Å². The average Bonchev–Trinajstić information content (AvgIpc) is 2.98. The van der Waals surface area contributed by atoms with Crippen molar-refractivity contribution in [2.75, 3.05) is 6.54 Å². The number of aliphatic hydroxyl groups excluding tert-OH is 1. The number of aromatic nitrogens is 1. The quantitative estimate of drug-likeness (QED) is 0.760. The average molecular weight is 208 g/mol. The molecule has 0 radical (unpaired) electrons. The van der Waals surface area contributed by atoms with Gasteiger partial charge in [0.25, 0.3) is 0 Å². The van der Waals surface area contributed by atoms with Gasteiger partial charge in [-0.1, -0.05) is 0 Å². The van der Waals surface area contributed by atoms with E-state index in [4.69, 9.17) is 0 Å². The monoisotopic (exact) mass is 208 g/mol. The van der Waals surface area contributed by atoms with Crippen molar-refractivity contribution in [2.24, 2.45) is 13.0 Å². The van der Waals surface area contributed by atoms with Gasteiger partial charge in [0.15, 0.2) is 0 Å². The van der Waals surface area contributed by atoms with Crippen LogP contribution in [0.15, 0.2) is 18.3 Å². The zero-order chi connectivity index (χ0) is 10.8. The first kappa shape index (κ1) is 10.2. The minimum absolute atomic E-state index is 0.0725. The Morgan fingerprint density at radius 2 is 2.47 bits per heavy atom. The minimum atomic E-state index is -0.618. The van der Waals surface area contributed by atoms with Gasteiger partial charge in [0.1, 0.15) is 6.10 Å². The highest BCUT2D eigenvalue weighted by atomic mass is 16.3. The van der Waals surface area contributed by atoms with Crippen molar-refractivity contribution in [3.63, 3.8) is 0 Å². The molecule has 0 aliphatic heterocycles. The molecule has 1 aliphatic rings. The van der Waals surface area contributed by atoms with Crippen LogP contribution in [0.4, 0.5) is 0 Å². The van der Waals surface area contributed by atoms with E-state index in [1.807, 2.05) is 29.9 Å². The summed E-state index contributed by atoms with van der Waals surface area (Å²) < 4.78 is 1.86. The molecule has 4 heteroatoms. The van der Waals surface area contributed by atoms with Crippen molar-refractivity contribution in [3.8, 4) is 0 Å². The fourth-order valence-electron chi connectivity index (χ4n) is 1.61. The largest absolute Gasteiger partial charge is 0.385 e. The van der Waals surface area contributed by atoms with Crippen LogP contribution < -0.4 is 5.32 Å². The van der Waals surface area contributed by atoms with Crippen LogP contribution in [0.1, 0.15) is 24.6 Å². The van der Waals surface area contributed by atoms with E-state index in [-0.39, 0.29) is 11.8 Å². The van der Waals surface area contributed by atoms with Crippen molar-refractivity contribution in [3.05, 3.63) is 24.0 Å². The van der Waals surface area contributed by atoms with Gasteiger partial charge in [-0.25, -0.2) is 0 Å². The summed E-state index contributed by atoms with van der Waals surface area (Å²) in [7, 11) is 1.88. The van der Waals surface area contributed by atoms with Crippen LogP contribution in [0, 0.1) is 5.92 Å². The van der Waals surface area contributed by atoms with Gasteiger partial charge in [-0.2, -0.15) is 0 Å². The molecule has 1 amide bonds. The first-order valence-corrected chi connectivity index (χ1v) is 5.25. The van der Waals surface area contributed by atoms with E-state index in [1.54, 1.807) is 0 Å². The molecule has 0 saturated heterocycles. The smallest absolute Gasteiger partial charge is 0.223 e. The van der Waals surface area contributed by atoms with Crippen molar-refractivity contribution >= 4 is 5.91 Å². The summed E-state index contributed by atoms with van der Waals surface area (Å²) in [6.45, 7) is 0.299. The number of rotatable bonds is 4. The van der Waals surface area contributed by atoms with E-state index < -0.39 is 6.10 Å². The highest BCUT2D eigenvalue weighted by Crippen LogP contribution is 2.28. The lowest BCUT2D eigenvalue weighted by Crippen LogP contribution is -2.30. The van der Waals surface area contributed by atoms with Gasteiger partial charge in [-0.15, -0.1) is 0 Å². The molecule has 4 nitrogen and oxygen atoms in total. The summed E-state index contributed by atoms with van der Waals surface area (Å²) in [5, 5.41) is 12.6. The van der Waals surface area contributed by atoms with Gasteiger partial charge in [-0.3, -0.25) is 4.79 Å². The zero-order valence-electron chi connectivity index (χ0n) is 8.81. The number of aliphatic hydroxyl groups is 1.